The molecule has 7 nitrogen and oxygen atoms in total. The molecule has 0 aromatic heterocycles. The first-order valence-electron chi connectivity index (χ1n) is 12.8. The van der Waals surface area contributed by atoms with Crippen LogP contribution >= 0.6 is 35.0 Å². The van der Waals surface area contributed by atoms with Crippen molar-refractivity contribution < 1.29 is 19.1 Å². The van der Waals surface area contributed by atoms with Crippen molar-refractivity contribution in [3.8, 4) is 5.75 Å². The van der Waals surface area contributed by atoms with Crippen LogP contribution in [-0.2, 0) is 9.59 Å². The van der Waals surface area contributed by atoms with Crippen LogP contribution < -0.4 is 20.7 Å². The molecule has 0 aliphatic heterocycles. The van der Waals surface area contributed by atoms with Crippen molar-refractivity contribution in [3.63, 3.8) is 0 Å². The van der Waals surface area contributed by atoms with Crippen LogP contribution in [0.25, 0.3) is 6.08 Å². The maximum atomic E-state index is 13.3. The third kappa shape index (κ3) is 8.39. The lowest BCUT2D eigenvalue weighted by atomic mass is 10.1. The molecule has 0 radical (unpaired) electrons. The zero-order chi connectivity index (χ0) is 30.1. The van der Waals surface area contributed by atoms with Crippen LogP contribution in [-0.4, -0.2) is 30.1 Å². The SMILES string of the molecule is COc1ccccc1/C=C(\NC(=O)c1ccccc1)C(=O)Nc1ccc(SC(C)C(=O)Nc2ccc(Cl)c(Cl)c2)cc1. The molecule has 0 spiro atoms. The molecule has 4 rings (SSSR count). The van der Waals surface area contributed by atoms with E-state index in [2.05, 4.69) is 16.0 Å². The molecule has 0 bridgehead atoms. The minimum absolute atomic E-state index is 0.0411. The fourth-order valence-electron chi connectivity index (χ4n) is 3.77. The lowest BCUT2D eigenvalue weighted by molar-refractivity contribution is -0.115. The van der Waals surface area contributed by atoms with E-state index in [0.717, 1.165) is 4.90 Å². The number of benzene rings is 4. The molecule has 10 heteroatoms. The van der Waals surface area contributed by atoms with Crippen LogP contribution in [0.5, 0.6) is 5.75 Å². The largest absolute Gasteiger partial charge is 0.496 e. The third-order valence-corrected chi connectivity index (χ3v) is 7.80. The summed E-state index contributed by atoms with van der Waals surface area (Å²) in [6.45, 7) is 1.79. The highest BCUT2D eigenvalue weighted by molar-refractivity contribution is 8.00. The molecule has 3 N–H and O–H groups in total. The van der Waals surface area contributed by atoms with Gasteiger partial charge in [-0.25, -0.2) is 0 Å². The van der Waals surface area contributed by atoms with E-state index < -0.39 is 17.1 Å². The first-order valence-corrected chi connectivity index (χ1v) is 14.4. The molecular weight excluding hydrogens is 593 g/mol. The maximum absolute atomic E-state index is 13.3. The average Bonchev–Trinajstić information content (AvgIpc) is 3.00. The van der Waals surface area contributed by atoms with Crippen molar-refractivity contribution in [2.75, 3.05) is 17.7 Å². The predicted molar refractivity (Wildman–Crippen MR) is 170 cm³/mol. The molecule has 0 heterocycles. The summed E-state index contributed by atoms with van der Waals surface area (Å²) < 4.78 is 5.41. The number of rotatable bonds is 10. The number of amides is 3. The summed E-state index contributed by atoms with van der Waals surface area (Å²) in [6.07, 6.45) is 1.56. The Morgan fingerprint density at radius 1 is 0.810 bits per heavy atom. The van der Waals surface area contributed by atoms with Gasteiger partial charge in [-0.1, -0.05) is 59.6 Å². The highest BCUT2D eigenvalue weighted by atomic mass is 35.5. The number of para-hydroxylation sites is 1. The lowest BCUT2D eigenvalue weighted by Gasteiger charge is -2.14. The topological polar surface area (TPSA) is 96.5 Å². The van der Waals surface area contributed by atoms with Crippen molar-refractivity contribution in [3.05, 3.63) is 124 Å². The summed E-state index contributed by atoms with van der Waals surface area (Å²) in [6, 6.07) is 27.7. The lowest BCUT2D eigenvalue weighted by Crippen LogP contribution is -2.30. The number of hydrogen-bond acceptors (Lipinski definition) is 5. The van der Waals surface area contributed by atoms with Gasteiger partial charge < -0.3 is 20.7 Å². The molecule has 214 valence electrons. The van der Waals surface area contributed by atoms with E-state index in [1.54, 1.807) is 97.9 Å². The summed E-state index contributed by atoms with van der Waals surface area (Å²) >= 11 is 13.3. The van der Waals surface area contributed by atoms with Gasteiger partial charge in [0, 0.05) is 27.4 Å². The van der Waals surface area contributed by atoms with Gasteiger partial charge in [0.1, 0.15) is 11.4 Å². The molecule has 0 saturated carbocycles. The Bertz CT molecular complexity index is 1610. The summed E-state index contributed by atoms with van der Waals surface area (Å²) in [5, 5.41) is 8.72. The van der Waals surface area contributed by atoms with Crippen molar-refractivity contribution >= 4 is 70.1 Å². The van der Waals surface area contributed by atoms with Gasteiger partial charge in [0.25, 0.3) is 11.8 Å². The molecule has 0 aliphatic rings. The molecule has 42 heavy (non-hydrogen) atoms. The van der Waals surface area contributed by atoms with E-state index in [4.69, 9.17) is 27.9 Å². The smallest absolute Gasteiger partial charge is 0.272 e. The van der Waals surface area contributed by atoms with Gasteiger partial charge >= 0.3 is 0 Å². The molecule has 3 amide bonds. The van der Waals surface area contributed by atoms with Crippen LogP contribution in [0.3, 0.4) is 0 Å². The number of carbonyl (C=O) groups is 3. The number of thioether (sulfide) groups is 1. The monoisotopic (exact) mass is 619 g/mol. The predicted octanol–water partition coefficient (Wildman–Crippen LogP) is 7.53. The second-order valence-corrected chi connectivity index (χ2v) is 11.2. The normalized spacial score (nSPS) is 11.8. The van der Waals surface area contributed by atoms with Crippen LogP contribution in [0, 0.1) is 0 Å². The quantitative estimate of drug-likeness (QED) is 0.126. The fraction of sp³-hybridized carbons (Fsp3) is 0.0938. The van der Waals surface area contributed by atoms with E-state index >= 15 is 0 Å². The zero-order valence-electron chi connectivity index (χ0n) is 22.7. The fourth-order valence-corrected chi connectivity index (χ4v) is 4.94. The van der Waals surface area contributed by atoms with Crippen molar-refractivity contribution in [1.29, 1.82) is 0 Å². The molecule has 0 aliphatic carbocycles. The van der Waals surface area contributed by atoms with Crippen molar-refractivity contribution in [1.82, 2.24) is 5.32 Å². The van der Waals surface area contributed by atoms with Gasteiger partial charge in [-0.05, 0) is 73.7 Å². The molecule has 4 aromatic carbocycles. The van der Waals surface area contributed by atoms with Crippen molar-refractivity contribution in [2.24, 2.45) is 0 Å². The third-order valence-electron chi connectivity index (χ3n) is 5.95. The Kier molecular flexibility index (Phi) is 10.7. The van der Waals surface area contributed by atoms with E-state index in [-0.39, 0.29) is 11.6 Å². The van der Waals surface area contributed by atoms with Crippen LogP contribution in [0.4, 0.5) is 11.4 Å². The maximum Gasteiger partial charge on any atom is 0.272 e. The van der Waals surface area contributed by atoms with Crippen LogP contribution in [0.15, 0.2) is 108 Å². The number of halogens is 2. The molecule has 1 atom stereocenters. The van der Waals surface area contributed by atoms with Gasteiger partial charge in [0.15, 0.2) is 0 Å². The van der Waals surface area contributed by atoms with Crippen LogP contribution in [0.1, 0.15) is 22.8 Å². The highest BCUT2D eigenvalue weighted by Gasteiger charge is 2.18. The molecule has 4 aromatic rings. The van der Waals surface area contributed by atoms with E-state index in [9.17, 15) is 14.4 Å². The van der Waals surface area contributed by atoms with Gasteiger partial charge in [-0.3, -0.25) is 14.4 Å². The summed E-state index contributed by atoms with van der Waals surface area (Å²) in [4.78, 5) is 39.7. The van der Waals surface area contributed by atoms with Gasteiger partial charge in [-0.15, -0.1) is 11.8 Å². The number of carbonyl (C=O) groups excluding carboxylic acids is 3. The second kappa shape index (κ2) is 14.6. The number of anilines is 2. The second-order valence-electron chi connectivity index (χ2n) is 8.98. The Labute approximate surface area is 258 Å². The summed E-state index contributed by atoms with van der Waals surface area (Å²) in [5.41, 5.74) is 2.14. The zero-order valence-corrected chi connectivity index (χ0v) is 25.0. The molecule has 0 saturated heterocycles. The van der Waals surface area contributed by atoms with Crippen LogP contribution in [0.2, 0.25) is 10.0 Å². The van der Waals surface area contributed by atoms with Crippen molar-refractivity contribution in [2.45, 2.75) is 17.1 Å². The number of methoxy groups -OCH3 is 1. The minimum Gasteiger partial charge on any atom is -0.496 e. The van der Waals surface area contributed by atoms with E-state index in [0.29, 0.717) is 38.3 Å². The van der Waals surface area contributed by atoms with Gasteiger partial charge in [0.05, 0.1) is 22.4 Å². The molecular formula is C32H27Cl2N3O4S. The Balaban J connectivity index is 1.45. The Morgan fingerprint density at radius 3 is 2.17 bits per heavy atom. The average molecular weight is 621 g/mol. The van der Waals surface area contributed by atoms with E-state index in [1.165, 1.54) is 18.9 Å². The summed E-state index contributed by atoms with van der Waals surface area (Å²) in [5.74, 6) is -0.585. The Morgan fingerprint density at radius 2 is 1.48 bits per heavy atom. The number of ether oxygens (including phenoxy) is 1. The first-order chi connectivity index (χ1) is 20.2. The summed E-state index contributed by atoms with van der Waals surface area (Å²) in [7, 11) is 1.53. The standard InChI is InChI=1S/C32H27Cl2N3O4S/c1-20(30(38)36-24-14-17-26(33)27(34)19-24)42-25-15-12-23(13-16-25)35-32(40)28(18-22-10-6-7-11-29(22)41-2)37-31(39)21-8-4-3-5-9-21/h3-20H,1-2H3,(H,35,40)(H,36,38)(H,37,39)/b28-18-. The first kappa shape index (κ1) is 30.7. The number of nitrogens with one attached hydrogen (secondary N) is 3. The van der Waals surface area contributed by atoms with E-state index in [1.807, 2.05) is 12.1 Å². The minimum atomic E-state index is -0.514. The highest BCUT2D eigenvalue weighted by Crippen LogP contribution is 2.28. The molecule has 1 unspecified atom stereocenters. The van der Waals surface area contributed by atoms with Gasteiger partial charge in [0.2, 0.25) is 5.91 Å². The van der Waals surface area contributed by atoms with Gasteiger partial charge in [-0.2, -0.15) is 0 Å². The molecule has 0 fully saturated rings. The number of hydrogen-bond donors (Lipinski definition) is 3. The Hall–Kier alpha value is -4.24.